The van der Waals surface area contributed by atoms with Crippen molar-refractivity contribution in [2.24, 2.45) is 23.7 Å². The molecule has 1 aromatic rings. The summed E-state index contributed by atoms with van der Waals surface area (Å²) in [5, 5.41) is 19.9. The van der Waals surface area contributed by atoms with Crippen LogP contribution in [0, 0.1) is 23.7 Å². The summed E-state index contributed by atoms with van der Waals surface area (Å²) in [7, 11) is 1.77. The second kappa shape index (κ2) is 8.02. The largest absolute Gasteiger partial charge is 0.508 e. The third-order valence-electron chi connectivity index (χ3n) is 5.42. The fraction of sp³-hybridized carbons (Fsp3) is 0.650. The van der Waals surface area contributed by atoms with E-state index in [1.54, 1.807) is 36.2 Å². The molecule has 1 saturated carbocycles. The molecule has 0 aromatic heterocycles. The number of nitrogens with zero attached hydrogens (tertiary/aromatic N) is 1. The maximum Gasteiger partial charge on any atom is 0.225 e. The molecule has 2 N–H and O–H groups in total. The number of aliphatic hydroxyl groups is 1. The number of benzene rings is 1. The van der Waals surface area contributed by atoms with Crippen LogP contribution in [0.15, 0.2) is 24.3 Å². The number of hydrogen-bond acceptors (Lipinski definition) is 3. The standard InChI is InChI=1S/C20H31NO3/c1-13(2)17-9-8-14(3)10-18(17)20(24)21(4)12-19(23)15-6-5-7-16(22)11-15/h5-7,11,13-14,17-19,22-23H,8-10,12H2,1-4H3/t14-,17+,18?,19?/m1/s1. The van der Waals surface area contributed by atoms with Crippen LogP contribution in [-0.2, 0) is 4.79 Å². The van der Waals surface area contributed by atoms with Crippen LogP contribution in [0.5, 0.6) is 5.75 Å². The molecule has 1 amide bonds. The normalized spacial score (nSPS) is 25.5. The van der Waals surface area contributed by atoms with E-state index < -0.39 is 6.10 Å². The van der Waals surface area contributed by atoms with Gasteiger partial charge < -0.3 is 15.1 Å². The molecule has 0 radical (unpaired) electrons. The number of likely N-dealkylation sites (N-methyl/N-ethyl adjacent to an activating group) is 1. The molecule has 0 bridgehead atoms. The first kappa shape index (κ1) is 18.8. The molecule has 4 heteroatoms. The van der Waals surface area contributed by atoms with E-state index in [-0.39, 0.29) is 24.1 Å². The minimum atomic E-state index is -0.787. The van der Waals surface area contributed by atoms with Gasteiger partial charge in [0, 0.05) is 13.0 Å². The van der Waals surface area contributed by atoms with Crippen LogP contribution in [0.25, 0.3) is 0 Å². The molecule has 1 aromatic carbocycles. The van der Waals surface area contributed by atoms with Gasteiger partial charge in [-0.15, -0.1) is 0 Å². The minimum Gasteiger partial charge on any atom is -0.508 e. The van der Waals surface area contributed by atoms with Gasteiger partial charge in [-0.05, 0) is 48.3 Å². The van der Waals surface area contributed by atoms with Crippen LogP contribution in [0.1, 0.15) is 51.7 Å². The van der Waals surface area contributed by atoms with Gasteiger partial charge >= 0.3 is 0 Å². The zero-order valence-electron chi connectivity index (χ0n) is 15.3. The van der Waals surface area contributed by atoms with Crippen molar-refractivity contribution in [2.75, 3.05) is 13.6 Å². The van der Waals surface area contributed by atoms with Crippen LogP contribution in [0.3, 0.4) is 0 Å². The van der Waals surface area contributed by atoms with Crippen molar-refractivity contribution >= 4 is 5.91 Å². The van der Waals surface area contributed by atoms with Gasteiger partial charge in [0.05, 0.1) is 12.6 Å². The van der Waals surface area contributed by atoms with Gasteiger partial charge in [-0.2, -0.15) is 0 Å². The predicted molar refractivity (Wildman–Crippen MR) is 95.5 cm³/mol. The van der Waals surface area contributed by atoms with Gasteiger partial charge in [0.2, 0.25) is 5.91 Å². The molecule has 24 heavy (non-hydrogen) atoms. The number of aromatic hydroxyl groups is 1. The van der Waals surface area contributed by atoms with E-state index >= 15 is 0 Å². The number of amides is 1. The lowest BCUT2D eigenvalue weighted by Crippen LogP contribution is -2.42. The summed E-state index contributed by atoms with van der Waals surface area (Å²) in [6.07, 6.45) is 2.46. The van der Waals surface area contributed by atoms with Crippen LogP contribution < -0.4 is 0 Å². The predicted octanol–water partition coefficient (Wildman–Crippen LogP) is 3.59. The first-order chi connectivity index (χ1) is 11.3. The number of rotatable bonds is 5. The number of carbonyl (C=O) groups excluding carboxylic acids is 1. The lowest BCUT2D eigenvalue weighted by atomic mass is 9.69. The minimum absolute atomic E-state index is 0.0510. The van der Waals surface area contributed by atoms with Crippen LogP contribution in [-0.4, -0.2) is 34.6 Å². The summed E-state index contributed by atoms with van der Waals surface area (Å²) in [5.41, 5.74) is 0.632. The van der Waals surface area contributed by atoms with Crippen molar-refractivity contribution in [1.82, 2.24) is 4.90 Å². The monoisotopic (exact) mass is 333 g/mol. The third-order valence-corrected chi connectivity index (χ3v) is 5.42. The van der Waals surface area contributed by atoms with Crippen LogP contribution in [0.2, 0.25) is 0 Å². The Morgan fingerprint density at radius 2 is 2.04 bits per heavy atom. The van der Waals surface area contributed by atoms with Gasteiger partial charge in [-0.1, -0.05) is 39.3 Å². The average Bonchev–Trinajstić information content (AvgIpc) is 2.53. The molecule has 4 atom stereocenters. The van der Waals surface area contributed by atoms with E-state index in [9.17, 15) is 15.0 Å². The number of phenolic OH excluding ortho intramolecular Hbond substituents is 1. The molecule has 0 spiro atoms. The Kier molecular flexibility index (Phi) is 6.27. The topological polar surface area (TPSA) is 60.8 Å². The lowest BCUT2D eigenvalue weighted by Gasteiger charge is -2.38. The van der Waals surface area contributed by atoms with Crippen molar-refractivity contribution in [1.29, 1.82) is 0 Å². The van der Waals surface area contributed by atoms with Crippen molar-refractivity contribution in [3.05, 3.63) is 29.8 Å². The lowest BCUT2D eigenvalue weighted by molar-refractivity contribution is -0.140. The number of carbonyl (C=O) groups is 1. The van der Waals surface area contributed by atoms with Crippen molar-refractivity contribution < 1.29 is 15.0 Å². The maximum atomic E-state index is 13.0. The molecule has 1 aliphatic carbocycles. The van der Waals surface area contributed by atoms with E-state index in [1.807, 2.05) is 0 Å². The summed E-state index contributed by atoms with van der Waals surface area (Å²) in [6.45, 7) is 6.86. The molecule has 134 valence electrons. The van der Waals surface area contributed by atoms with E-state index in [1.165, 1.54) is 6.42 Å². The highest BCUT2D eigenvalue weighted by atomic mass is 16.3. The fourth-order valence-electron chi connectivity index (χ4n) is 3.96. The molecule has 0 heterocycles. The summed E-state index contributed by atoms with van der Waals surface area (Å²) in [4.78, 5) is 14.6. The first-order valence-corrected chi connectivity index (χ1v) is 9.01. The van der Waals surface area contributed by atoms with Crippen LogP contribution in [0.4, 0.5) is 0 Å². The zero-order chi connectivity index (χ0) is 17.9. The Bertz CT molecular complexity index is 558. The molecule has 1 fully saturated rings. The molecule has 4 nitrogen and oxygen atoms in total. The molecule has 1 aliphatic rings. The summed E-state index contributed by atoms with van der Waals surface area (Å²) in [5.74, 6) is 1.82. The number of phenols is 1. The molecule has 0 saturated heterocycles. The molecule has 2 rings (SSSR count). The van der Waals surface area contributed by atoms with Gasteiger partial charge in [-0.3, -0.25) is 4.79 Å². The van der Waals surface area contributed by atoms with E-state index in [2.05, 4.69) is 20.8 Å². The summed E-state index contributed by atoms with van der Waals surface area (Å²) >= 11 is 0. The second-order valence-electron chi connectivity index (χ2n) is 7.76. The maximum absolute atomic E-state index is 13.0. The molecule has 0 aliphatic heterocycles. The van der Waals surface area contributed by atoms with E-state index in [0.717, 1.165) is 12.8 Å². The second-order valence-corrected chi connectivity index (χ2v) is 7.76. The van der Waals surface area contributed by atoms with Crippen molar-refractivity contribution in [2.45, 2.75) is 46.1 Å². The first-order valence-electron chi connectivity index (χ1n) is 9.01. The van der Waals surface area contributed by atoms with Gasteiger partial charge in [0.15, 0.2) is 0 Å². The Morgan fingerprint density at radius 1 is 1.33 bits per heavy atom. The third kappa shape index (κ3) is 4.50. The quantitative estimate of drug-likeness (QED) is 0.865. The Morgan fingerprint density at radius 3 is 2.67 bits per heavy atom. The summed E-state index contributed by atoms with van der Waals surface area (Å²) < 4.78 is 0. The number of aliphatic hydroxyl groups excluding tert-OH is 1. The molecule has 2 unspecified atom stereocenters. The zero-order valence-corrected chi connectivity index (χ0v) is 15.3. The van der Waals surface area contributed by atoms with Crippen molar-refractivity contribution in [3.8, 4) is 5.75 Å². The molecular formula is C20H31NO3. The van der Waals surface area contributed by atoms with E-state index in [0.29, 0.717) is 23.3 Å². The molecular weight excluding hydrogens is 302 g/mol. The Hall–Kier alpha value is -1.55. The highest BCUT2D eigenvalue weighted by Crippen LogP contribution is 2.39. The highest BCUT2D eigenvalue weighted by Gasteiger charge is 2.37. The summed E-state index contributed by atoms with van der Waals surface area (Å²) in [6, 6.07) is 6.58. The van der Waals surface area contributed by atoms with Gasteiger partial charge in [-0.25, -0.2) is 0 Å². The van der Waals surface area contributed by atoms with Gasteiger partial charge in [0.1, 0.15) is 5.75 Å². The Labute approximate surface area is 145 Å². The number of hydrogen-bond donors (Lipinski definition) is 2. The van der Waals surface area contributed by atoms with Crippen molar-refractivity contribution in [3.63, 3.8) is 0 Å². The smallest absolute Gasteiger partial charge is 0.225 e. The highest BCUT2D eigenvalue weighted by molar-refractivity contribution is 5.79. The average molecular weight is 333 g/mol. The van der Waals surface area contributed by atoms with E-state index in [4.69, 9.17) is 0 Å². The fourth-order valence-corrected chi connectivity index (χ4v) is 3.96. The SMILES string of the molecule is CC(C)[C@@H]1CC[C@@H](C)CC1C(=O)N(C)CC(O)c1cccc(O)c1. The Balaban J connectivity index is 2.04. The van der Waals surface area contributed by atoms with Crippen LogP contribution >= 0.6 is 0 Å². The van der Waals surface area contributed by atoms with Gasteiger partial charge in [0.25, 0.3) is 0 Å².